The maximum absolute atomic E-state index is 13.5. The van der Waals surface area contributed by atoms with Crippen LogP contribution in [0.15, 0.2) is 23.4 Å². The number of rotatable bonds is 8. The van der Waals surface area contributed by atoms with E-state index in [1.54, 1.807) is 28.5 Å². The van der Waals surface area contributed by atoms with E-state index in [1.165, 1.54) is 11.1 Å². The van der Waals surface area contributed by atoms with Gasteiger partial charge in [0.25, 0.3) is 6.43 Å². The first-order valence-electron chi connectivity index (χ1n) is 13.8. The highest BCUT2D eigenvalue weighted by Gasteiger charge is 2.42. The number of halogens is 2. The monoisotopic (exact) mass is 584 g/mol. The van der Waals surface area contributed by atoms with Gasteiger partial charge in [-0.05, 0) is 53.7 Å². The highest BCUT2D eigenvalue weighted by Crippen LogP contribution is 2.38. The second-order valence-electron chi connectivity index (χ2n) is 10.4. The molecule has 1 N–H and O–H groups in total. The van der Waals surface area contributed by atoms with Gasteiger partial charge in [0.15, 0.2) is 15.8 Å². The number of sulfonamides is 1. The van der Waals surface area contributed by atoms with Crippen LogP contribution in [0.1, 0.15) is 47.8 Å². The normalized spacial score (nSPS) is 20.9. The fraction of sp³-hybridized carbons (Fsp3) is 0.583. The lowest BCUT2D eigenvalue weighted by Gasteiger charge is -2.42. The Morgan fingerprint density at radius 2 is 2.05 bits per heavy atom. The number of piperazine rings is 1. The van der Waals surface area contributed by atoms with Gasteiger partial charge < -0.3 is 9.80 Å². The summed E-state index contributed by atoms with van der Waals surface area (Å²) in [6, 6.07) is 0.713. The van der Waals surface area contributed by atoms with Crippen molar-refractivity contribution in [3.8, 4) is 10.8 Å². The zero-order valence-electron chi connectivity index (χ0n) is 23.8. The van der Waals surface area contributed by atoms with Crippen molar-refractivity contribution < 1.29 is 24.7 Å². The fourth-order valence-electron chi connectivity index (χ4n) is 4.60. The van der Waals surface area contributed by atoms with Gasteiger partial charge in [-0.15, -0.1) is 10.2 Å². The molecule has 2 fully saturated rings. The first-order chi connectivity index (χ1) is 19.4. The van der Waals surface area contributed by atoms with E-state index in [2.05, 4.69) is 19.9 Å². The average molecular weight is 585 g/mol. The molecule has 1 aliphatic heterocycles. The summed E-state index contributed by atoms with van der Waals surface area (Å²) in [4.78, 5) is 22.7. The van der Waals surface area contributed by atoms with Gasteiger partial charge in [-0.2, -0.15) is 0 Å². The predicted molar refractivity (Wildman–Crippen MR) is 144 cm³/mol. The summed E-state index contributed by atoms with van der Waals surface area (Å²) in [5, 5.41) is 7.10. The van der Waals surface area contributed by atoms with Crippen molar-refractivity contribution in [1.29, 1.82) is 0 Å². The minimum Gasteiger partial charge on any atom is -0.366 e. The van der Waals surface area contributed by atoms with E-state index >= 15 is 0 Å². The fourth-order valence-corrected chi connectivity index (χ4v) is 6.77. The van der Waals surface area contributed by atoms with Crippen molar-refractivity contribution in [1.82, 2.24) is 34.1 Å². The van der Waals surface area contributed by atoms with Gasteiger partial charge in [0.1, 0.15) is 4.90 Å². The highest BCUT2D eigenvalue weighted by atomic mass is 32.2. The quantitative estimate of drug-likeness (QED) is 0.430. The third-order valence-electron chi connectivity index (χ3n) is 7.26. The van der Waals surface area contributed by atoms with E-state index in [0.29, 0.717) is 42.2 Å². The third kappa shape index (κ3) is 5.36. The summed E-state index contributed by atoms with van der Waals surface area (Å²) < 4.78 is 72.9. The number of anilines is 1. The lowest BCUT2D eigenvalue weighted by molar-refractivity contribution is -0.137. The molecule has 1 aliphatic carbocycles. The minimum absolute atomic E-state index is 0.00714. The van der Waals surface area contributed by atoms with E-state index in [-0.39, 0.29) is 41.7 Å². The Bertz CT molecular complexity index is 1540. The maximum Gasteiger partial charge on any atom is 0.291 e. The largest absolute Gasteiger partial charge is 0.366 e. The molecule has 4 heterocycles. The number of aromatic nitrogens is 4. The second-order valence-corrected chi connectivity index (χ2v) is 13.1. The Labute approximate surface area is 232 Å². The standard InChI is InChI=1S/C24H32F2N8O3S2/c1-14-12-32(8-9-33(14)23(35)15(2)31(4)5)17-10-16(39(36,37)30-24(3)6-7-24)13-34-18(17)11-27-20(34)22-29-28-21(38-22)19(25)26/h10-11,13-15,19,30H,6-9,12H2,1-5H3/t14-,15+/m1/s1/i4D,5D. The van der Waals surface area contributed by atoms with Crippen molar-refractivity contribution in [3.63, 3.8) is 0 Å². The number of hydrogen-bond acceptors (Lipinski definition) is 9. The molecule has 5 rings (SSSR count). The molecule has 39 heavy (non-hydrogen) atoms. The van der Waals surface area contributed by atoms with Crippen LogP contribution in [0.2, 0.25) is 0 Å². The van der Waals surface area contributed by atoms with Gasteiger partial charge in [0, 0.05) is 40.2 Å². The number of imidazole rings is 1. The molecule has 0 unspecified atom stereocenters. The molecule has 0 spiro atoms. The van der Waals surface area contributed by atoms with Gasteiger partial charge in [0.2, 0.25) is 15.9 Å². The lowest BCUT2D eigenvalue weighted by atomic mass is 10.1. The van der Waals surface area contributed by atoms with Crippen molar-refractivity contribution in [3.05, 3.63) is 23.5 Å². The van der Waals surface area contributed by atoms with Crippen LogP contribution in [0.25, 0.3) is 16.3 Å². The van der Waals surface area contributed by atoms with E-state index < -0.39 is 33.0 Å². The number of nitrogens with one attached hydrogen (secondary N) is 1. The van der Waals surface area contributed by atoms with Gasteiger partial charge in [-0.3, -0.25) is 14.1 Å². The molecule has 11 nitrogen and oxygen atoms in total. The molecule has 0 aromatic carbocycles. The Kier molecular flexibility index (Phi) is 6.48. The Morgan fingerprint density at radius 1 is 1.31 bits per heavy atom. The van der Waals surface area contributed by atoms with E-state index in [4.69, 9.17) is 2.74 Å². The van der Waals surface area contributed by atoms with Crippen LogP contribution in [0.4, 0.5) is 14.5 Å². The van der Waals surface area contributed by atoms with Crippen LogP contribution in [0, 0.1) is 0 Å². The van der Waals surface area contributed by atoms with Crippen LogP contribution in [-0.4, -0.2) is 95.0 Å². The van der Waals surface area contributed by atoms with Crippen LogP contribution in [0.3, 0.4) is 0 Å². The molecule has 1 saturated heterocycles. The second kappa shape index (κ2) is 10.0. The number of hydrogen-bond donors (Lipinski definition) is 1. The Morgan fingerprint density at radius 3 is 2.67 bits per heavy atom. The summed E-state index contributed by atoms with van der Waals surface area (Å²) in [6.45, 7) is 6.55. The molecule has 15 heteroatoms. The minimum atomic E-state index is -3.94. The van der Waals surface area contributed by atoms with Crippen molar-refractivity contribution in [2.75, 3.05) is 38.6 Å². The molecule has 3 aromatic heterocycles. The molecule has 2 aliphatic rings. The summed E-state index contributed by atoms with van der Waals surface area (Å²) >= 11 is 0.692. The van der Waals surface area contributed by atoms with Gasteiger partial charge in [0.05, 0.1) is 23.4 Å². The van der Waals surface area contributed by atoms with Crippen molar-refractivity contribution in [2.24, 2.45) is 0 Å². The third-order valence-corrected chi connectivity index (χ3v) is 9.79. The molecule has 212 valence electrons. The summed E-state index contributed by atoms with van der Waals surface area (Å²) in [5.41, 5.74) is 0.609. The molecular formula is C24H32F2N8O3S2. The summed E-state index contributed by atoms with van der Waals surface area (Å²) in [5.74, 6) is 0.0274. The molecular weight excluding hydrogens is 550 g/mol. The lowest BCUT2D eigenvalue weighted by Crippen LogP contribution is -2.57. The van der Waals surface area contributed by atoms with Crippen LogP contribution < -0.4 is 9.62 Å². The zero-order chi connectivity index (χ0) is 29.7. The summed E-state index contributed by atoms with van der Waals surface area (Å²) in [7, 11) is -4.26. The molecule has 2 atom stereocenters. The SMILES string of the molecule is [2H]CN(C[2H])[C@@H](C)C(=O)N1CCN(c2cc(S(=O)(=O)NC3(C)CC3)cn3c(-c4nnc(C(F)F)s4)ncc23)C[C@H]1C. The number of nitrogens with zero attached hydrogens (tertiary/aromatic N) is 7. The number of fused-ring (bicyclic) bond motifs is 1. The molecule has 0 radical (unpaired) electrons. The number of carbonyl (C=O) groups is 1. The van der Waals surface area contributed by atoms with Gasteiger partial charge in [-0.1, -0.05) is 11.3 Å². The smallest absolute Gasteiger partial charge is 0.291 e. The van der Waals surface area contributed by atoms with Gasteiger partial charge in [-0.25, -0.2) is 26.9 Å². The van der Waals surface area contributed by atoms with E-state index in [0.717, 1.165) is 12.8 Å². The topological polar surface area (TPSA) is 116 Å². The van der Waals surface area contributed by atoms with Crippen molar-refractivity contribution >= 4 is 38.5 Å². The molecule has 1 saturated carbocycles. The van der Waals surface area contributed by atoms with E-state index in [1.807, 2.05) is 18.7 Å². The number of likely N-dealkylation sites (N-methyl/N-ethyl adjacent to an activating group) is 1. The number of alkyl halides is 2. The Hall–Kier alpha value is -2.75. The predicted octanol–water partition coefficient (Wildman–Crippen LogP) is 2.61. The van der Waals surface area contributed by atoms with Crippen LogP contribution in [0.5, 0.6) is 0 Å². The number of pyridine rings is 1. The van der Waals surface area contributed by atoms with Gasteiger partial charge >= 0.3 is 0 Å². The van der Waals surface area contributed by atoms with E-state index in [9.17, 15) is 22.0 Å². The zero-order valence-corrected chi connectivity index (χ0v) is 23.5. The van der Waals surface area contributed by atoms with Crippen LogP contribution >= 0.6 is 11.3 Å². The molecule has 3 aromatic rings. The number of amides is 1. The number of carbonyl (C=O) groups excluding carboxylic acids is 1. The first-order valence-corrected chi connectivity index (χ1v) is 14.7. The van der Waals surface area contributed by atoms with Crippen molar-refractivity contribution in [2.45, 2.75) is 62.6 Å². The highest BCUT2D eigenvalue weighted by molar-refractivity contribution is 7.89. The first kappa shape index (κ1) is 25.2. The molecule has 0 bridgehead atoms. The summed E-state index contributed by atoms with van der Waals surface area (Å²) in [6.07, 6.45) is 1.62. The maximum atomic E-state index is 13.5. The van der Waals surface area contributed by atoms with Crippen LogP contribution in [-0.2, 0) is 14.8 Å². The Balaban J connectivity index is 1.52. The molecule has 1 amide bonds. The average Bonchev–Trinajstić information content (AvgIpc) is 3.30.